The van der Waals surface area contributed by atoms with Crippen LogP contribution in [-0.2, 0) is 12.8 Å². The number of carbonyl (C=O) groups is 1. The van der Waals surface area contributed by atoms with Gasteiger partial charge in [-0.3, -0.25) is 4.79 Å². The van der Waals surface area contributed by atoms with Gasteiger partial charge in [-0.25, -0.2) is 0 Å². The first kappa shape index (κ1) is 20.9. The molecule has 2 aromatic rings. The number of nitrogens with zero attached hydrogens (tertiary/aromatic N) is 1. The van der Waals surface area contributed by atoms with Crippen LogP contribution in [0, 0.1) is 5.41 Å². The average molecular weight is 408 g/mol. The molecule has 2 aromatic carbocycles. The summed E-state index contributed by atoms with van der Waals surface area (Å²) in [6.45, 7) is 8.07. The van der Waals surface area contributed by atoms with Crippen LogP contribution in [0.15, 0.2) is 42.5 Å². The molecule has 1 unspecified atom stereocenters. The van der Waals surface area contributed by atoms with Gasteiger partial charge in [-0.15, -0.1) is 0 Å². The lowest BCUT2D eigenvalue weighted by Crippen LogP contribution is -2.45. The Balaban J connectivity index is 1.70. The van der Waals surface area contributed by atoms with Crippen molar-refractivity contribution in [3.8, 4) is 11.5 Å². The number of ether oxygens (including phenoxy) is 2. The Hall–Kier alpha value is -2.33. The Bertz CT molecular complexity index is 873. The van der Waals surface area contributed by atoms with Gasteiger partial charge in [0, 0.05) is 12.1 Å². The lowest BCUT2D eigenvalue weighted by atomic mass is 9.77. The third kappa shape index (κ3) is 4.24. The number of likely N-dealkylation sites (tertiary alicyclic amines) is 1. The zero-order chi connectivity index (χ0) is 21.0. The smallest absolute Gasteiger partial charge is 0.171 e. The Morgan fingerprint density at radius 2 is 1.60 bits per heavy atom. The number of rotatable bonds is 8. The second kappa shape index (κ2) is 9.22. The molecule has 1 atom stereocenters. The standard InChI is InChI=1S/C26H33NO3/c1-3-29-23-15-21-18-26(17-20-11-7-5-8-12-20,19-27-13-9-6-10-14-27)25(28)22(21)16-24(23)30-4-2/h5,7-8,11-12,15-16H,3-4,6,9-10,13-14,17-19H2,1-2H3. The van der Waals surface area contributed by atoms with Crippen LogP contribution in [0.1, 0.15) is 54.6 Å². The van der Waals surface area contributed by atoms with E-state index in [1.807, 2.05) is 32.0 Å². The fourth-order valence-electron chi connectivity index (χ4n) is 5.09. The van der Waals surface area contributed by atoms with E-state index in [0.717, 1.165) is 49.4 Å². The second-order valence-electron chi connectivity index (χ2n) is 8.61. The zero-order valence-electron chi connectivity index (χ0n) is 18.3. The van der Waals surface area contributed by atoms with Crippen molar-refractivity contribution in [2.45, 2.75) is 46.0 Å². The molecule has 0 N–H and O–H groups in total. The summed E-state index contributed by atoms with van der Waals surface area (Å²) in [5.41, 5.74) is 2.72. The predicted molar refractivity (Wildman–Crippen MR) is 120 cm³/mol. The van der Waals surface area contributed by atoms with E-state index >= 15 is 0 Å². The number of hydrogen-bond acceptors (Lipinski definition) is 4. The van der Waals surface area contributed by atoms with Gasteiger partial charge in [0.25, 0.3) is 0 Å². The molecular weight excluding hydrogens is 374 g/mol. The number of ketones is 1. The summed E-state index contributed by atoms with van der Waals surface area (Å²) >= 11 is 0. The molecule has 1 fully saturated rings. The van der Waals surface area contributed by atoms with Crippen LogP contribution < -0.4 is 9.47 Å². The maximum atomic E-state index is 13.9. The lowest BCUT2D eigenvalue weighted by Gasteiger charge is -2.36. The Labute approximate surface area is 180 Å². The van der Waals surface area contributed by atoms with E-state index < -0.39 is 5.41 Å². The topological polar surface area (TPSA) is 38.8 Å². The first-order chi connectivity index (χ1) is 14.6. The third-order valence-electron chi connectivity index (χ3n) is 6.38. The lowest BCUT2D eigenvalue weighted by molar-refractivity contribution is 0.0702. The molecule has 1 aliphatic carbocycles. The fourth-order valence-corrected chi connectivity index (χ4v) is 5.09. The molecule has 0 bridgehead atoms. The predicted octanol–water partition coefficient (Wildman–Crippen LogP) is 4.94. The van der Waals surface area contributed by atoms with Crippen molar-refractivity contribution in [2.75, 3.05) is 32.8 Å². The Morgan fingerprint density at radius 1 is 0.933 bits per heavy atom. The Morgan fingerprint density at radius 3 is 2.27 bits per heavy atom. The van der Waals surface area contributed by atoms with Gasteiger partial charge in [-0.1, -0.05) is 36.8 Å². The summed E-state index contributed by atoms with van der Waals surface area (Å²) in [5.74, 6) is 1.69. The largest absolute Gasteiger partial charge is 0.490 e. The summed E-state index contributed by atoms with van der Waals surface area (Å²) in [4.78, 5) is 16.4. The normalized spacial score (nSPS) is 21.5. The van der Waals surface area contributed by atoms with E-state index in [4.69, 9.17) is 9.47 Å². The molecule has 1 saturated heterocycles. The van der Waals surface area contributed by atoms with Gasteiger partial charge in [-0.05, 0) is 75.9 Å². The number of fused-ring (bicyclic) bond motifs is 1. The van der Waals surface area contributed by atoms with Gasteiger partial charge < -0.3 is 14.4 Å². The van der Waals surface area contributed by atoms with Crippen LogP contribution in [0.2, 0.25) is 0 Å². The molecule has 0 amide bonds. The minimum atomic E-state index is -0.421. The molecule has 0 aromatic heterocycles. The molecule has 4 heteroatoms. The number of carbonyl (C=O) groups excluding carboxylic acids is 1. The van der Waals surface area contributed by atoms with E-state index in [-0.39, 0.29) is 5.78 Å². The van der Waals surface area contributed by atoms with Gasteiger partial charge in [0.05, 0.1) is 18.6 Å². The molecule has 2 aliphatic rings. The van der Waals surface area contributed by atoms with Gasteiger partial charge in [0.2, 0.25) is 0 Å². The van der Waals surface area contributed by atoms with Gasteiger partial charge in [0.15, 0.2) is 17.3 Å². The fraction of sp³-hybridized carbons (Fsp3) is 0.500. The number of benzene rings is 2. The molecule has 4 nitrogen and oxygen atoms in total. The van der Waals surface area contributed by atoms with Gasteiger partial charge >= 0.3 is 0 Å². The average Bonchev–Trinajstić information content (AvgIpc) is 3.01. The highest BCUT2D eigenvalue weighted by atomic mass is 16.5. The molecule has 4 rings (SSSR count). The van der Waals surface area contributed by atoms with Crippen LogP contribution in [0.25, 0.3) is 0 Å². The monoisotopic (exact) mass is 407 g/mol. The molecule has 0 spiro atoms. The van der Waals surface area contributed by atoms with Crippen LogP contribution in [0.5, 0.6) is 11.5 Å². The molecule has 0 saturated carbocycles. The first-order valence-corrected chi connectivity index (χ1v) is 11.4. The van der Waals surface area contributed by atoms with Crippen LogP contribution in [-0.4, -0.2) is 43.5 Å². The summed E-state index contributed by atoms with van der Waals surface area (Å²) in [6.07, 6.45) is 5.29. The van der Waals surface area contributed by atoms with E-state index in [9.17, 15) is 4.79 Å². The summed E-state index contributed by atoms with van der Waals surface area (Å²) < 4.78 is 11.7. The Kier molecular flexibility index (Phi) is 6.43. The summed E-state index contributed by atoms with van der Waals surface area (Å²) in [5, 5.41) is 0. The summed E-state index contributed by atoms with van der Waals surface area (Å²) in [7, 11) is 0. The zero-order valence-corrected chi connectivity index (χ0v) is 18.3. The third-order valence-corrected chi connectivity index (χ3v) is 6.38. The molecular formula is C26H33NO3. The van der Waals surface area contributed by atoms with Gasteiger partial charge in [-0.2, -0.15) is 0 Å². The van der Waals surface area contributed by atoms with E-state index in [1.54, 1.807) is 0 Å². The molecule has 1 aliphatic heterocycles. The first-order valence-electron chi connectivity index (χ1n) is 11.4. The van der Waals surface area contributed by atoms with Crippen LogP contribution in [0.4, 0.5) is 0 Å². The highest BCUT2D eigenvalue weighted by Crippen LogP contribution is 2.44. The van der Waals surface area contributed by atoms with Crippen molar-refractivity contribution in [2.24, 2.45) is 5.41 Å². The van der Waals surface area contributed by atoms with Crippen molar-refractivity contribution >= 4 is 5.78 Å². The number of Topliss-reactive ketones (excluding diaryl/α,β-unsaturated/α-hetero) is 1. The van der Waals surface area contributed by atoms with Crippen molar-refractivity contribution in [3.63, 3.8) is 0 Å². The minimum absolute atomic E-state index is 0.260. The highest BCUT2D eigenvalue weighted by molar-refractivity contribution is 6.06. The SMILES string of the molecule is CCOc1cc2c(cc1OCC)C(=O)C(Cc1ccccc1)(CN1CCCCC1)C2. The number of hydrogen-bond donors (Lipinski definition) is 0. The van der Waals surface area contributed by atoms with Crippen molar-refractivity contribution in [1.82, 2.24) is 4.90 Å². The van der Waals surface area contributed by atoms with E-state index in [0.29, 0.717) is 19.0 Å². The minimum Gasteiger partial charge on any atom is -0.490 e. The summed E-state index contributed by atoms with van der Waals surface area (Å²) in [6, 6.07) is 14.4. The van der Waals surface area contributed by atoms with Crippen molar-refractivity contribution < 1.29 is 14.3 Å². The number of piperidine rings is 1. The van der Waals surface area contributed by atoms with Crippen molar-refractivity contribution in [1.29, 1.82) is 0 Å². The second-order valence-corrected chi connectivity index (χ2v) is 8.61. The van der Waals surface area contributed by atoms with Crippen molar-refractivity contribution in [3.05, 3.63) is 59.2 Å². The highest BCUT2D eigenvalue weighted by Gasteiger charge is 2.47. The van der Waals surface area contributed by atoms with E-state index in [2.05, 4.69) is 29.2 Å². The maximum absolute atomic E-state index is 13.9. The molecule has 160 valence electrons. The molecule has 0 radical (unpaired) electrons. The van der Waals surface area contributed by atoms with Crippen LogP contribution >= 0.6 is 0 Å². The molecule has 1 heterocycles. The van der Waals surface area contributed by atoms with E-state index in [1.165, 1.54) is 24.8 Å². The molecule has 30 heavy (non-hydrogen) atoms. The van der Waals surface area contributed by atoms with Crippen LogP contribution in [0.3, 0.4) is 0 Å². The maximum Gasteiger partial charge on any atom is 0.171 e. The van der Waals surface area contributed by atoms with Gasteiger partial charge in [0.1, 0.15) is 0 Å². The quantitative estimate of drug-likeness (QED) is 0.621.